The van der Waals surface area contributed by atoms with E-state index in [0.29, 0.717) is 0 Å². The van der Waals surface area contributed by atoms with Crippen molar-refractivity contribution in [2.75, 3.05) is 0 Å². The SMILES string of the molecule is O=P(O)(O)SP(=O)(O)Oc1ccccc1. The zero-order valence-electron chi connectivity index (χ0n) is 7.26. The van der Waals surface area contributed by atoms with Crippen LogP contribution in [-0.2, 0) is 9.13 Å². The van der Waals surface area contributed by atoms with Gasteiger partial charge in [0, 0.05) is 0 Å². The van der Waals surface area contributed by atoms with Crippen molar-refractivity contribution in [1.29, 1.82) is 0 Å². The topological polar surface area (TPSA) is 104 Å². The number of para-hydroxylation sites is 1. The van der Waals surface area contributed by atoms with E-state index in [1.807, 2.05) is 0 Å². The van der Waals surface area contributed by atoms with Gasteiger partial charge in [-0.15, -0.1) is 0 Å². The van der Waals surface area contributed by atoms with Crippen LogP contribution >= 0.6 is 24.6 Å². The molecule has 1 aromatic carbocycles. The van der Waals surface area contributed by atoms with E-state index in [-0.39, 0.29) is 5.75 Å². The van der Waals surface area contributed by atoms with E-state index in [4.69, 9.17) is 14.7 Å². The van der Waals surface area contributed by atoms with Crippen LogP contribution < -0.4 is 4.52 Å². The summed E-state index contributed by atoms with van der Waals surface area (Å²) >= 11 is -0.391. The third kappa shape index (κ3) is 5.37. The molecule has 0 saturated carbocycles. The molecular formula is C6H8O6P2S. The van der Waals surface area contributed by atoms with Crippen molar-refractivity contribution in [1.82, 2.24) is 0 Å². The van der Waals surface area contributed by atoms with Gasteiger partial charge in [-0.1, -0.05) is 18.2 Å². The summed E-state index contributed by atoms with van der Waals surface area (Å²) in [5.41, 5.74) is 0. The largest absolute Gasteiger partial charge is 0.448 e. The van der Waals surface area contributed by atoms with Crippen LogP contribution in [0.3, 0.4) is 0 Å². The lowest BCUT2D eigenvalue weighted by molar-refractivity contribution is 0.394. The normalized spacial score (nSPS) is 15.7. The Bertz CT molecular complexity index is 415. The van der Waals surface area contributed by atoms with Crippen molar-refractivity contribution >= 4 is 24.6 Å². The highest BCUT2D eigenvalue weighted by Crippen LogP contribution is 2.71. The predicted octanol–water partition coefficient (Wildman–Crippen LogP) is 1.99. The third-order valence-electron chi connectivity index (χ3n) is 1.17. The number of hydrogen-bond acceptors (Lipinski definition) is 4. The first-order valence-electron chi connectivity index (χ1n) is 3.63. The van der Waals surface area contributed by atoms with Crippen LogP contribution in [0.25, 0.3) is 0 Å². The van der Waals surface area contributed by atoms with E-state index in [2.05, 4.69) is 4.52 Å². The molecule has 1 rings (SSSR count). The average molecular weight is 270 g/mol. The molecule has 0 saturated heterocycles. The Hall–Kier alpha value is -0.290. The third-order valence-corrected chi connectivity index (χ3v) is 7.29. The first-order chi connectivity index (χ1) is 6.79. The Balaban J connectivity index is 2.74. The van der Waals surface area contributed by atoms with Gasteiger partial charge in [-0.2, -0.15) is 0 Å². The Kier molecular flexibility index (Phi) is 4.00. The van der Waals surface area contributed by atoms with Crippen molar-refractivity contribution in [3.63, 3.8) is 0 Å². The zero-order chi connectivity index (χ0) is 11.5. The minimum atomic E-state index is -4.65. The van der Waals surface area contributed by atoms with E-state index in [1.54, 1.807) is 18.2 Å². The van der Waals surface area contributed by atoms with Gasteiger partial charge in [0.25, 0.3) is 0 Å². The second kappa shape index (κ2) is 4.70. The van der Waals surface area contributed by atoms with Gasteiger partial charge in [0.15, 0.2) is 0 Å². The summed E-state index contributed by atoms with van der Waals surface area (Å²) in [6, 6.07) is 7.62. The van der Waals surface area contributed by atoms with Gasteiger partial charge in [-0.05, 0) is 12.1 Å². The van der Waals surface area contributed by atoms with E-state index >= 15 is 0 Å². The maximum Gasteiger partial charge on any atom is 0.448 e. The fourth-order valence-electron chi connectivity index (χ4n) is 0.766. The molecule has 1 unspecified atom stereocenters. The van der Waals surface area contributed by atoms with Crippen LogP contribution in [-0.4, -0.2) is 14.7 Å². The Morgan fingerprint density at radius 3 is 2.07 bits per heavy atom. The summed E-state index contributed by atoms with van der Waals surface area (Å²) in [7, 11) is 0. The van der Waals surface area contributed by atoms with Gasteiger partial charge in [0.05, 0.1) is 11.0 Å². The summed E-state index contributed by atoms with van der Waals surface area (Å²) < 4.78 is 26.2. The molecular weight excluding hydrogens is 262 g/mol. The molecule has 0 amide bonds. The van der Waals surface area contributed by atoms with Gasteiger partial charge in [-0.3, -0.25) is 0 Å². The highest BCUT2D eigenvalue weighted by molar-refractivity contribution is 8.84. The Morgan fingerprint density at radius 1 is 1.07 bits per heavy atom. The molecule has 3 N–H and O–H groups in total. The van der Waals surface area contributed by atoms with Gasteiger partial charge >= 0.3 is 13.6 Å². The number of benzene rings is 1. The molecule has 0 fully saturated rings. The van der Waals surface area contributed by atoms with Gasteiger partial charge < -0.3 is 19.2 Å². The molecule has 0 aromatic heterocycles. The molecule has 84 valence electrons. The molecule has 0 aliphatic rings. The predicted molar refractivity (Wildman–Crippen MR) is 56.5 cm³/mol. The second-order valence-corrected chi connectivity index (χ2v) is 9.48. The lowest BCUT2D eigenvalue weighted by Gasteiger charge is -2.12. The van der Waals surface area contributed by atoms with Crippen LogP contribution in [0.2, 0.25) is 0 Å². The van der Waals surface area contributed by atoms with Crippen LogP contribution in [0.1, 0.15) is 0 Å². The monoisotopic (exact) mass is 270 g/mol. The lowest BCUT2D eigenvalue weighted by Crippen LogP contribution is -1.87. The molecule has 0 bridgehead atoms. The second-order valence-electron chi connectivity index (χ2n) is 2.45. The highest BCUT2D eigenvalue weighted by Gasteiger charge is 2.33. The van der Waals surface area contributed by atoms with Gasteiger partial charge in [0.2, 0.25) is 0 Å². The number of rotatable bonds is 4. The maximum atomic E-state index is 11.2. The minimum absolute atomic E-state index is 0.0734. The first kappa shape index (κ1) is 12.8. The molecule has 0 radical (unpaired) electrons. The van der Waals surface area contributed by atoms with Gasteiger partial charge in [-0.25, -0.2) is 9.13 Å². The number of hydrogen-bond donors (Lipinski definition) is 3. The molecule has 15 heavy (non-hydrogen) atoms. The van der Waals surface area contributed by atoms with Crippen molar-refractivity contribution in [3.8, 4) is 5.75 Å². The molecule has 1 atom stereocenters. The van der Waals surface area contributed by atoms with E-state index in [1.165, 1.54) is 12.1 Å². The van der Waals surface area contributed by atoms with Crippen LogP contribution in [0.5, 0.6) is 5.75 Å². The average Bonchev–Trinajstić information content (AvgIpc) is 1.99. The summed E-state index contributed by atoms with van der Waals surface area (Å²) in [5, 5.41) is 0. The summed E-state index contributed by atoms with van der Waals surface area (Å²) in [4.78, 5) is 26.1. The first-order valence-corrected chi connectivity index (χ1v) is 8.84. The fourth-order valence-corrected chi connectivity index (χ4v) is 5.34. The highest BCUT2D eigenvalue weighted by atomic mass is 33.1. The van der Waals surface area contributed by atoms with Crippen molar-refractivity contribution < 1.29 is 28.3 Å². The lowest BCUT2D eigenvalue weighted by atomic mass is 10.3. The summed E-state index contributed by atoms with van der Waals surface area (Å²) in [6.45, 7) is -9.03. The maximum absolute atomic E-state index is 11.2. The molecule has 0 aliphatic carbocycles. The van der Waals surface area contributed by atoms with Crippen molar-refractivity contribution in [2.24, 2.45) is 0 Å². The molecule has 6 nitrogen and oxygen atoms in total. The summed E-state index contributed by atoms with van der Waals surface area (Å²) in [5.74, 6) is 0.0734. The van der Waals surface area contributed by atoms with E-state index < -0.39 is 24.6 Å². The fraction of sp³-hybridized carbons (Fsp3) is 0. The van der Waals surface area contributed by atoms with E-state index in [9.17, 15) is 9.13 Å². The van der Waals surface area contributed by atoms with Crippen LogP contribution in [0.15, 0.2) is 30.3 Å². The Morgan fingerprint density at radius 2 is 1.60 bits per heavy atom. The molecule has 0 aliphatic heterocycles. The van der Waals surface area contributed by atoms with Crippen LogP contribution in [0, 0.1) is 0 Å². The molecule has 9 heteroatoms. The Labute approximate surface area is 89.5 Å². The van der Waals surface area contributed by atoms with Crippen molar-refractivity contribution in [3.05, 3.63) is 30.3 Å². The zero-order valence-corrected chi connectivity index (χ0v) is 9.86. The standard InChI is InChI=1S/C6H8O6P2S/c7-13(8,9)15-14(10,11)12-6-4-2-1-3-5-6/h1-5H,(H,10,11)(H2,7,8,9). The molecule has 0 spiro atoms. The van der Waals surface area contributed by atoms with Crippen LogP contribution in [0.4, 0.5) is 0 Å². The van der Waals surface area contributed by atoms with E-state index in [0.717, 1.165) is 0 Å². The quantitative estimate of drug-likeness (QED) is 0.718. The minimum Gasteiger partial charge on any atom is -0.417 e. The van der Waals surface area contributed by atoms with Gasteiger partial charge in [0.1, 0.15) is 5.75 Å². The molecule has 1 aromatic rings. The molecule has 0 heterocycles. The smallest absolute Gasteiger partial charge is 0.417 e. The summed E-state index contributed by atoms with van der Waals surface area (Å²) in [6.07, 6.45) is 0. The van der Waals surface area contributed by atoms with Crippen molar-refractivity contribution in [2.45, 2.75) is 0 Å².